The summed E-state index contributed by atoms with van der Waals surface area (Å²) in [4.78, 5) is 0. The number of hydrogen-bond donors (Lipinski definition) is 2. The zero-order valence-corrected chi connectivity index (χ0v) is 11.9. The lowest BCUT2D eigenvalue weighted by molar-refractivity contribution is 0.136. The molecule has 1 aromatic rings. The van der Waals surface area contributed by atoms with Crippen LogP contribution in [0.1, 0.15) is 44.1 Å². The van der Waals surface area contributed by atoms with Gasteiger partial charge in [0.15, 0.2) is 0 Å². The van der Waals surface area contributed by atoms with E-state index in [9.17, 15) is 5.11 Å². The predicted octanol–water partition coefficient (Wildman–Crippen LogP) is 3.74. The van der Waals surface area contributed by atoms with Crippen LogP contribution in [0.3, 0.4) is 0 Å². The van der Waals surface area contributed by atoms with Crippen molar-refractivity contribution in [1.29, 1.82) is 0 Å². The molecule has 0 saturated heterocycles. The summed E-state index contributed by atoms with van der Waals surface area (Å²) in [6.45, 7) is 2.36. The number of aryl methyl sites for hydroxylation is 1. The van der Waals surface area contributed by atoms with Gasteiger partial charge in [0.05, 0.1) is 12.1 Å². The Hall–Kier alpha value is -1.02. The molecule has 1 aromatic carbocycles. The van der Waals surface area contributed by atoms with Crippen molar-refractivity contribution < 1.29 is 5.11 Å². The van der Waals surface area contributed by atoms with Crippen molar-refractivity contribution in [2.75, 3.05) is 11.9 Å². The van der Waals surface area contributed by atoms with Gasteiger partial charge in [-0.05, 0) is 56.6 Å². The fourth-order valence-corrected chi connectivity index (χ4v) is 3.62. The average Bonchev–Trinajstić information content (AvgIpc) is 3.26. The molecule has 0 bridgehead atoms. The van der Waals surface area contributed by atoms with Crippen LogP contribution in [-0.2, 0) is 0 Å². The van der Waals surface area contributed by atoms with Gasteiger partial charge in [-0.3, -0.25) is 0 Å². The molecular formula is C17H25NO. The summed E-state index contributed by atoms with van der Waals surface area (Å²) in [5, 5.41) is 13.5. The lowest BCUT2D eigenvalue weighted by atomic mass is 9.74. The standard InChI is InChI=1S/C17H25NO/c1-13-4-8-16(9-5-13)18-17(12-19)10-2-3-15(11-17)14-6-7-14/h4-5,8-9,14-15,18-19H,2-3,6-7,10-12H2,1H3. The monoisotopic (exact) mass is 259 g/mol. The minimum absolute atomic E-state index is 0.0826. The van der Waals surface area contributed by atoms with E-state index in [0.717, 1.165) is 30.4 Å². The molecule has 2 heteroatoms. The fraction of sp³-hybridized carbons (Fsp3) is 0.647. The zero-order valence-electron chi connectivity index (χ0n) is 11.9. The third-order valence-electron chi connectivity index (χ3n) is 4.94. The van der Waals surface area contributed by atoms with Crippen LogP contribution in [0.25, 0.3) is 0 Å². The van der Waals surface area contributed by atoms with Gasteiger partial charge in [0.1, 0.15) is 0 Å². The minimum atomic E-state index is -0.0826. The Kier molecular flexibility index (Phi) is 3.53. The summed E-state index contributed by atoms with van der Waals surface area (Å²) in [6, 6.07) is 8.53. The Bertz CT molecular complexity index is 423. The van der Waals surface area contributed by atoms with E-state index >= 15 is 0 Å². The van der Waals surface area contributed by atoms with Crippen molar-refractivity contribution in [2.24, 2.45) is 11.8 Å². The minimum Gasteiger partial charge on any atom is -0.394 e. The van der Waals surface area contributed by atoms with Crippen LogP contribution in [-0.4, -0.2) is 17.3 Å². The summed E-state index contributed by atoms with van der Waals surface area (Å²) >= 11 is 0. The van der Waals surface area contributed by atoms with Crippen molar-refractivity contribution in [1.82, 2.24) is 0 Å². The van der Waals surface area contributed by atoms with Crippen LogP contribution >= 0.6 is 0 Å². The summed E-state index contributed by atoms with van der Waals surface area (Å²) in [5.41, 5.74) is 2.35. The number of rotatable bonds is 4. The number of hydrogen-bond acceptors (Lipinski definition) is 2. The van der Waals surface area contributed by atoms with E-state index in [0.29, 0.717) is 0 Å². The molecule has 2 unspecified atom stereocenters. The van der Waals surface area contributed by atoms with Gasteiger partial charge in [-0.25, -0.2) is 0 Å². The van der Waals surface area contributed by atoms with Crippen molar-refractivity contribution in [2.45, 2.75) is 51.0 Å². The molecule has 2 nitrogen and oxygen atoms in total. The highest BCUT2D eigenvalue weighted by Gasteiger charge is 2.41. The largest absolute Gasteiger partial charge is 0.394 e. The first kappa shape index (κ1) is 13.0. The molecule has 0 aromatic heterocycles. The van der Waals surface area contributed by atoms with Gasteiger partial charge in [-0.1, -0.05) is 30.5 Å². The lowest BCUT2D eigenvalue weighted by Crippen LogP contribution is -2.46. The Morgan fingerprint density at radius 1 is 1.16 bits per heavy atom. The van der Waals surface area contributed by atoms with Gasteiger partial charge < -0.3 is 10.4 Å². The number of benzene rings is 1. The van der Waals surface area contributed by atoms with Crippen molar-refractivity contribution in [3.05, 3.63) is 29.8 Å². The quantitative estimate of drug-likeness (QED) is 0.863. The van der Waals surface area contributed by atoms with E-state index in [1.807, 2.05) is 0 Å². The van der Waals surface area contributed by atoms with Crippen LogP contribution in [0.15, 0.2) is 24.3 Å². The van der Waals surface area contributed by atoms with E-state index in [-0.39, 0.29) is 12.1 Å². The summed E-state index contributed by atoms with van der Waals surface area (Å²) in [7, 11) is 0. The molecule has 104 valence electrons. The Morgan fingerprint density at radius 2 is 1.89 bits per heavy atom. The first-order valence-electron chi connectivity index (χ1n) is 7.66. The van der Waals surface area contributed by atoms with Gasteiger partial charge in [0.25, 0.3) is 0 Å². The first-order valence-corrected chi connectivity index (χ1v) is 7.66. The smallest absolute Gasteiger partial charge is 0.0661 e. The number of aliphatic hydroxyl groups excluding tert-OH is 1. The third kappa shape index (κ3) is 2.94. The maximum Gasteiger partial charge on any atom is 0.0661 e. The van der Waals surface area contributed by atoms with E-state index < -0.39 is 0 Å². The molecule has 2 N–H and O–H groups in total. The Morgan fingerprint density at radius 3 is 2.53 bits per heavy atom. The van der Waals surface area contributed by atoms with E-state index in [4.69, 9.17) is 0 Å². The van der Waals surface area contributed by atoms with Crippen LogP contribution in [0, 0.1) is 18.8 Å². The molecule has 0 amide bonds. The molecule has 2 aliphatic carbocycles. The third-order valence-corrected chi connectivity index (χ3v) is 4.94. The molecule has 2 aliphatic rings. The van der Waals surface area contributed by atoms with Gasteiger partial charge in [-0.15, -0.1) is 0 Å². The van der Waals surface area contributed by atoms with E-state index in [1.54, 1.807) is 0 Å². The Labute approximate surface area is 116 Å². The molecule has 19 heavy (non-hydrogen) atoms. The lowest BCUT2D eigenvalue weighted by Gasteiger charge is -2.41. The van der Waals surface area contributed by atoms with Crippen molar-refractivity contribution in [3.63, 3.8) is 0 Å². The van der Waals surface area contributed by atoms with Crippen LogP contribution in [0.4, 0.5) is 5.69 Å². The molecule has 0 heterocycles. The fourth-order valence-electron chi connectivity index (χ4n) is 3.62. The SMILES string of the molecule is Cc1ccc(NC2(CO)CCCC(C3CC3)C2)cc1. The second kappa shape index (κ2) is 5.16. The van der Waals surface area contributed by atoms with Gasteiger partial charge >= 0.3 is 0 Å². The number of anilines is 1. The summed E-state index contributed by atoms with van der Waals surface area (Å²) in [5.74, 6) is 1.78. The summed E-state index contributed by atoms with van der Waals surface area (Å²) in [6.07, 6.45) is 7.68. The van der Waals surface area contributed by atoms with E-state index in [1.165, 1.54) is 31.2 Å². The molecule has 2 saturated carbocycles. The second-order valence-corrected chi connectivity index (χ2v) is 6.62. The van der Waals surface area contributed by atoms with Crippen LogP contribution in [0.5, 0.6) is 0 Å². The van der Waals surface area contributed by atoms with Crippen molar-refractivity contribution >= 4 is 5.69 Å². The number of aliphatic hydroxyl groups is 1. The number of nitrogens with one attached hydrogen (secondary N) is 1. The van der Waals surface area contributed by atoms with Gasteiger partial charge in [0.2, 0.25) is 0 Å². The van der Waals surface area contributed by atoms with Gasteiger partial charge in [-0.2, -0.15) is 0 Å². The Balaban J connectivity index is 1.72. The van der Waals surface area contributed by atoms with Crippen molar-refractivity contribution in [3.8, 4) is 0 Å². The molecule has 2 fully saturated rings. The normalized spacial score (nSPS) is 31.2. The topological polar surface area (TPSA) is 32.3 Å². The predicted molar refractivity (Wildman–Crippen MR) is 79.3 cm³/mol. The zero-order chi connectivity index (χ0) is 13.3. The van der Waals surface area contributed by atoms with Crippen LogP contribution in [0.2, 0.25) is 0 Å². The molecule has 0 radical (unpaired) electrons. The molecule has 0 spiro atoms. The molecule has 0 aliphatic heterocycles. The van der Waals surface area contributed by atoms with Gasteiger partial charge in [0, 0.05) is 5.69 Å². The highest BCUT2D eigenvalue weighted by atomic mass is 16.3. The second-order valence-electron chi connectivity index (χ2n) is 6.62. The maximum absolute atomic E-state index is 9.91. The molecular weight excluding hydrogens is 234 g/mol. The maximum atomic E-state index is 9.91. The summed E-state index contributed by atoms with van der Waals surface area (Å²) < 4.78 is 0. The highest BCUT2D eigenvalue weighted by molar-refractivity contribution is 5.47. The van der Waals surface area contributed by atoms with Crippen LogP contribution < -0.4 is 5.32 Å². The highest BCUT2D eigenvalue weighted by Crippen LogP contribution is 2.47. The molecule has 3 rings (SSSR count). The van der Waals surface area contributed by atoms with E-state index in [2.05, 4.69) is 36.5 Å². The average molecular weight is 259 g/mol. The first-order chi connectivity index (χ1) is 9.21. The molecule has 2 atom stereocenters.